The van der Waals surface area contributed by atoms with Gasteiger partial charge in [-0.15, -0.1) is 0 Å². The van der Waals surface area contributed by atoms with Crippen LogP contribution in [0, 0.1) is 22.7 Å². The molecule has 4 aliphatic rings. The summed E-state index contributed by atoms with van der Waals surface area (Å²) in [7, 11) is 1.85. The highest BCUT2D eigenvalue weighted by Crippen LogP contribution is 2.63. The summed E-state index contributed by atoms with van der Waals surface area (Å²) in [5.74, 6) is 0.940. The molecule has 0 aliphatic heterocycles. The number of hydrogen-bond donors (Lipinski definition) is 4. The molecule has 5 N–H and O–H groups in total. The predicted octanol–water partition coefficient (Wildman–Crippen LogP) is 2.08. The maximum atomic E-state index is 10.7. The number of nitrogens with one attached hydrogen (secondary N) is 1. The Morgan fingerprint density at radius 1 is 1.17 bits per heavy atom. The van der Waals surface area contributed by atoms with Crippen LogP contribution in [0.3, 0.4) is 0 Å². The van der Waals surface area contributed by atoms with E-state index in [4.69, 9.17) is 5.73 Å². The summed E-state index contributed by atoms with van der Waals surface area (Å²) in [4.78, 5) is 0. The first-order chi connectivity index (χ1) is 11.2. The first-order valence-corrected chi connectivity index (χ1v) is 9.50. The number of fused-ring (bicyclic) bond motifs is 5. The van der Waals surface area contributed by atoms with Gasteiger partial charge in [0, 0.05) is 12.5 Å². The van der Waals surface area contributed by atoms with Crippen molar-refractivity contribution in [1.82, 2.24) is 5.32 Å². The topological polar surface area (TPSA) is 78.5 Å². The van der Waals surface area contributed by atoms with Crippen molar-refractivity contribution in [3.8, 4) is 0 Å². The molecule has 4 heteroatoms. The second-order valence-corrected chi connectivity index (χ2v) is 9.21. The van der Waals surface area contributed by atoms with Gasteiger partial charge in [0.05, 0.1) is 6.10 Å². The van der Waals surface area contributed by atoms with Gasteiger partial charge in [-0.05, 0) is 61.8 Å². The molecule has 3 fully saturated rings. The van der Waals surface area contributed by atoms with Crippen molar-refractivity contribution in [3.05, 3.63) is 23.3 Å². The zero-order chi connectivity index (χ0) is 17.3. The maximum absolute atomic E-state index is 10.7. The summed E-state index contributed by atoms with van der Waals surface area (Å²) in [5.41, 5.74) is 8.68. The lowest BCUT2D eigenvalue weighted by Gasteiger charge is -2.55. The van der Waals surface area contributed by atoms with Crippen LogP contribution < -0.4 is 11.1 Å². The van der Waals surface area contributed by atoms with Crippen LogP contribution in [0.1, 0.15) is 52.4 Å². The molecule has 0 spiro atoms. The van der Waals surface area contributed by atoms with Crippen molar-refractivity contribution in [2.45, 2.75) is 70.2 Å². The molecular formula is C20H32N2O2. The second-order valence-electron chi connectivity index (χ2n) is 9.21. The molecule has 0 aromatic heterocycles. The summed E-state index contributed by atoms with van der Waals surface area (Å²) >= 11 is 0. The van der Waals surface area contributed by atoms with Gasteiger partial charge < -0.3 is 15.9 Å². The molecule has 4 rings (SSSR count). The van der Waals surface area contributed by atoms with Gasteiger partial charge >= 0.3 is 0 Å². The predicted molar refractivity (Wildman–Crippen MR) is 95.1 cm³/mol. The number of aliphatic hydroxyl groups is 2. The first-order valence-electron chi connectivity index (χ1n) is 9.50. The highest BCUT2D eigenvalue weighted by Gasteiger charge is 2.58. The third-order valence-corrected chi connectivity index (χ3v) is 8.21. The quantitative estimate of drug-likeness (QED) is 0.554. The molecule has 0 heterocycles. The van der Waals surface area contributed by atoms with Crippen molar-refractivity contribution in [3.63, 3.8) is 0 Å². The van der Waals surface area contributed by atoms with Gasteiger partial charge in [0.2, 0.25) is 0 Å². The fraction of sp³-hybridized carbons (Fsp3) is 0.800. The van der Waals surface area contributed by atoms with E-state index in [1.54, 1.807) is 0 Å². The van der Waals surface area contributed by atoms with E-state index in [9.17, 15) is 10.2 Å². The van der Waals surface area contributed by atoms with E-state index in [-0.39, 0.29) is 23.0 Å². The Bertz CT molecular complexity index is 615. The van der Waals surface area contributed by atoms with E-state index in [1.165, 1.54) is 11.1 Å². The summed E-state index contributed by atoms with van der Waals surface area (Å²) in [6, 6.07) is -0.108. The lowest BCUT2D eigenvalue weighted by Crippen LogP contribution is -2.53. The minimum atomic E-state index is -0.758. The van der Waals surface area contributed by atoms with E-state index < -0.39 is 5.72 Å². The molecule has 0 amide bonds. The molecule has 3 saturated carbocycles. The average Bonchev–Trinajstić information content (AvgIpc) is 2.79. The molecule has 0 saturated heterocycles. The van der Waals surface area contributed by atoms with Crippen molar-refractivity contribution >= 4 is 0 Å². The Kier molecular flexibility index (Phi) is 3.61. The zero-order valence-corrected chi connectivity index (χ0v) is 15.2. The van der Waals surface area contributed by atoms with Crippen molar-refractivity contribution in [2.24, 2.45) is 28.4 Å². The summed E-state index contributed by atoms with van der Waals surface area (Å²) in [5, 5.41) is 24.1. The smallest absolute Gasteiger partial charge is 0.119 e. The maximum Gasteiger partial charge on any atom is 0.119 e. The molecule has 134 valence electrons. The van der Waals surface area contributed by atoms with E-state index in [0.717, 1.165) is 32.1 Å². The first kappa shape index (κ1) is 16.8. The normalized spacial score (nSPS) is 53.6. The minimum Gasteiger partial charge on any atom is -0.391 e. The molecule has 0 bridgehead atoms. The van der Waals surface area contributed by atoms with Gasteiger partial charge in [0.15, 0.2) is 0 Å². The lowest BCUT2D eigenvalue weighted by atomic mass is 9.50. The van der Waals surface area contributed by atoms with Gasteiger partial charge in [-0.3, -0.25) is 5.32 Å². The molecule has 0 aromatic carbocycles. The second kappa shape index (κ2) is 5.16. The van der Waals surface area contributed by atoms with Gasteiger partial charge in [0.1, 0.15) is 5.72 Å². The van der Waals surface area contributed by atoms with Gasteiger partial charge in [-0.2, -0.15) is 0 Å². The largest absolute Gasteiger partial charge is 0.391 e. The fourth-order valence-corrected chi connectivity index (χ4v) is 6.26. The van der Waals surface area contributed by atoms with Crippen molar-refractivity contribution in [2.75, 3.05) is 7.05 Å². The Hall–Kier alpha value is -0.680. The van der Waals surface area contributed by atoms with Crippen molar-refractivity contribution in [1.29, 1.82) is 0 Å². The molecule has 7 atom stereocenters. The molecule has 0 radical (unpaired) electrons. The van der Waals surface area contributed by atoms with Crippen LogP contribution in [0.4, 0.5) is 0 Å². The highest BCUT2D eigenvalue weighted by atomic mass is 16.3. The van der Waals surface area contributed by atoms with Gasteiger partial charge in [-0.25, -0.2) is 0 Å². The Balaban J connectivity index is 1.72. The van der Waals surface area contributed by atoms with E-state index in [0.29, 0.717) is 18.3 Å². The molecule has 24 heavy (non-hydrogen) atoms. The summed E-state index contributed by atoms with van der Waals surface area (Å²) in [6.45, 7) is 4.66. The van der Waals surface area contributed by atoms with Crippen LogP contribution in [-0.4, -0.2) is 35.1 Å². The molecule has 0 aromatic rings. The molecular weight excluding hydrogens is 300 g/mol. The Morgan fingerprint density at radius 3 is 2.62 bits per heavy atom. The number of nitrogens with two attached hydrogens (primary N) is 1. The third-order valence-electron chi connectivity index (χ3n) is 8.21. The van der Waals surface area contributed by atoms with E-state index in [1.807, 2.05) is 7.05 Å². The van der Waals surface area contributed by atoms with Crippen molar-refractivity contribution < 1.29 is 10.2 Å². The number of hydrogen-bond acceptors (Lipinski definition) is 4. The zero-order valence-electron chi connectivity index (χ0n) is 15.2. The minimum absolute atomic E-state index is 0.0316. The van der Waals surface area contributed by atoms with Crippen LogP contribution in [0.2, 0.25) is 0 Å². The standard InChI is InChI=1S/C20H32N2O2/c1-18-8-9-20(24,22-3)11-12(18)4-5-13-14(18)6-7-19(2)15(13)10-16(23)17(19)21/h4-5,14-17,22-24H,6-11,21H2,1-3H3/t14-,15-,16+,17-,18-,19-,20-/m0/s1. The number of aliphatic hydroxyl groups excluding tert-OH is 1. The fourth-order valence-electron chi connectivity index (χ4n) is 6.26. The lowest BCUT2D eigenvalue weighted by molar-refractivity contribution is -0.0395. The van der Waals surface area contributed by atoms with Gasteiger partial charge in [0.25, 0.3) is 0 Å². The van der Waals surface area contributed by atoms with E-state index in [2.05, 4.69) is 31.3 Å². The average molecular weight is 332 g/mol. The molecule has 0 unspecified atom stereocenters. The molecule has 4 nitrogen and oxygen atoms in total. The number of rotatable bonds is 1. The van der Waals surface area contributed by atoms with Crippen LogP contribution in [-0.2, 0) is 0 Å². The SMILES string of the molecule is CN[C@]1(O)CC[C@@]2(C)C(=CC=C3[C@@H]4C[C@@H](O)[C@H](N)[C@@]4(C)CC[C@@H]32)C1. The van der Waals surface area contributed by atoms with Crippen LogP contribution in [0.25, 0.3) is 0 Å². The summed E-state index contributed by atoms with van der Waals surface area (Å²) in [6.07, 6.45) is 9.75. The van der Waals surface area contributed by atoms with Crippen LogP contribution in [0.15, 0.2) is 23.3 Å². The Labute approximate surface area is 145 Å². The molecule has 4 aliphatic carbocycles. The highest BCUT2D eigenvalue weighted by molar-refractivity contribution is 5.40. The van der Waals surface area contributed by atoms with Crippen LogP contribution >= 0.6 is 0 Å². The Morgan fingerprint density at radius 2 is 1.92 bits per heavy atom. The van der Waals surface area contributed by atoms with Crippen LogP contribution in [0.5, 0.6) is 0 Å². The monoisotopic (exact) mass is 332 g/mol. The van der Waals surface area contributed by atoms with Gasteiger partial charge in [-0.1, -0.05) is 37.1 Å². The third kappa shape index (κ3) is 2.06. The summed E-state index contributed by atoms with van der Waals surface area (Å²) < 4.78 is 0. The van der Waals surface area contributed by atoms with E-state index >= 15 is 0 Å². The number of allylic oxidation sites excluding steroid dienone is 3.